The summed E-state index contributed by atoms with van der Waals surface area (Å²) in [6.45, 7) is 9.21. The molecule has 0 spiro atoms. The normalized spacial score (nSPS) is 5.00. The van der Waals surface area contributed by atoms with Crippen LogP contribution in [0, 0.1) is 11.3 Å². The summed E-state index contributed by atoms with van der Waals surface area (Å²) in [6.07, 6.45) is 2.01. The molecule has 0 radical (unpaired) electrons. The Morgan fingerprint density at radius 3 is 1.67 bits per heavy atom. The van der Waals surface area contributed by atoms with Crippen LogP contribution in [0.3, 0.4) is 0 Å². The summed E-state index contributed by atoms with van der Waals surface area (Å²) in [5.74, 6) is -0.981. The van der Waals surface area contributed by atoms with E-state index in [2.05, 4.69) is 19.7 Å². The van der Waals surface area contributed by atoms with Crippen molar-refractivity contribution in [1.82, 2.24) is 0 Å². The van der Waals surface area contributed by atoms with Gasteiger partial charge in [-0.15, -0.1) is 0 Å². The van der Waals surface area contributed by atoms with Gasteiger partial charge in [0, 0.05) is 12.2 Å². The lowest BCUT2D eigenvalue weighted by molar-refractivity contribution is -0.131. The van der Waals surface area contributed by atoms with E-state index in [9.17, 15) is 4.79 Å². The lowest BCUT2D eigenvalue weighted by Crippen LogP contribution is -1.82. The second kappa shape index (κ2) is 22.7. The number of carbonyl (C=O) groups is 1. The van der Waals surface area contributed by atoms with E-state index in [4.69, 9.17) is 22.0 Å². The summed E-state index contributed by atoms with van der Waals surface area (Å²) in [6, 6.07) is 1.69. The van der Waals surface area contributed by atoms with Gasteiger partial charge in [0.05, 0.1) is 6.07 Å². The Kier molecular flexibility index (Phi) is 31.8. The molecule has 0 saturated carbocycles. The monoisotopic (exact) mass is 187 g/mol. The Bertz CT molecular complexity index is 182. The van der Waals surface area contributed by atoms with Crippen LogP contribution in [0.5, 0.6) is 0 Å². The van der Waals surface area contributed by atoms with E-state index in [0.29, 0.717) is 0 Å². The van der Waals surface area contributed by atoms with E-state index in [1.807, 2.05) is 0 Å². The van der Waals surface area contributed by atoms with Crippen LogP contribution < -0.4 is 0 Å². The topological polar surface area (TPSA) is 61.1 Å². The molecule has 0 aromatic heterocycles. The third-order valence-corrected chi connectivity index (χ3v) is 0.266. The van der Waals surface area contributed by atoms with Gasteiger partial charge in [-0.1, -0.05) is 31.3 Å². The fourth-order valence-corrected chi connectivity index (χ4v) is 0. The van der Waals surface area contributed by atoms with Gasteiger partial charge >= 0.3 is 5.97 Å². The molecule has 0 bridgehead atoms. The Hall–Kier alpha value is -1.53. The maximum absolute atomic E-state index is 9.25. The molecular weight excluding hydrogens is 178 g/mol. The van der Waals surface area contributed by atoms with Crippen molar-refractivity contribution < 1.29 is 9.90 Å². The van der Waals surface area contributed by atoms with Crippen LogP contribution in [-0.2, 0) is 4.79 Å². The Balaban J connectivity index is -0.000000105. The lowest BCUT2D eigenvalue weighted by atomic mass is 10.7. The molecule has 0 aromatic rings. The van der Waals surface area contributed by atoms with E-state index in [-0.39, 0.29) is 0 Å². The number of carboxylic acids is 1. The van der Waals surface area contributed by atoms with Crippen LogP contribution in [0.15, 0.2) is 37.4 Å². The molecule has 0 unspecified atom stereocenters. The Morgan fingerprint density at radius 1 is 1.50 bits per heavy atom. The number of rotatable bonds is 1. The molecule has 3 nitrogen and oxygen atoms in total. The Morgan fingerprint density at radius 2 is 1.67 bits per heavy atom. The van der Waals surface area contributed by atoms with Crippen LogP contribution >= 0.6 is 11.6 Å². The minimum absolute atomic E-state index is 0.833. The molecular formula is C8H10ClNO2. The van der Waals surface area contributed by atoms with Gasteiger partial charge in [-0.3, -0.25) is 0 Å². The summed E-state index contributed by atoms with van der Waals surface area (Å²) < 4.78 is 0. The number of allylic oxidation sites excluding steroid dienone is 1. The highest BCUT2D eigenvalue weighted by Gasteiger charge is 1.73. The average molecular weight is 188 g/mol. The van der Waals surface area contributed by atoms with Crippen LogP contribution in [0.1, 0.15) is 0 Å². The molecule has 0 amide bonds. The van der Waals surface area contributed by atoms with E-state index in [0.717, 1.165) is 6.08 Å². The van der Waals surface area contributed by atoms with Gasteiger partial charge < -0.3 is 5.11 Å². The molecule has 4 heteroatoms. The molecule has 0 rings (SSSR count). The minimum atomic E-state index is -0.981. The highest BCUT2D eigenvalue weighted by atomic mass is 35.5. The van der Waals surface area contributed by atoms with Crippen molar-refractivity contribution in [2.75, 3.05) is 0 Å². The first kappa shape index (κ1) is 16.8. The number of hydrogen-bond acceptors (Lipinski definition) is 2. The largest absolute Gasteiger partial charge is 0.478 e. The van der Waals surface area contributed by atoms with E-state index >= 15 is 0 Å². The quantitative estimate of drug-likeness (QED) is 0.506. The number of hydrogen-bond donors (Lipinski definition) is 1. The molecule has 66 valence electrons. The maximum atomic E-state index is 9.25. The van der Waals surface area contributed by atoms with Crippen molar-refractivity contribution in [3.05, 3.63) is 37.4 Å². The molecule has 0 fully saturated rings. The summed E-state index contributed by atoms with van der Waals surface area (Å²) in [5, 5.41) is 15.1. The number of nitrogens with zero attached hydrogens (tertiary/aromatic N) is 1. The van der Waals surface area contributed by atoms with Gasteiger partial charge in [0.2, 0.25) is 0 Å². The van der Waals surface area contributed by atoms with Gasteiger partial charge in [-0.2, -0.15) is 5.26 Å². The first-order valence-corrected chi connectivity index (χ1v) is 3.11. The average Bonchev–Trinajstić information content (AvgIpc) is 2.06. The molecule has 12 heavy (non-hydrogen) atoms. The fourth-order valence-electron chi connectivity index (χ4n) is 0. The van der Waals surface area contributed by atoms with E-state index in [1.165, 1.54) is 11.6 Å². The van der Waals surface area contributed by atoms with Crippen molar-refractivity contribution >= 4 is 17.6 Å². The second-order valence-electron chi connectivity index (χ2n) is 1.03. The number of halogens is 1. The van der Waals surface area contributed by atoms with E-state index in [1.54, 1.807) is 6.07 Å². The van der Waals surface area contributed by atoms with E-state index < -0.39 is 5.97 Å². The lowest BCUT2D eigenvalue weighted by Gasteiger charge is -1.64. The number of aliphatic carboxylic acids is 1. The van der Waals surface area contributed by atoms with Gasteiger partial charge in [0.1, 0.15) is 0 Å². The number of carboxylic acid groups (broad SMARTS) is 1. The third kappa shape index (κ3) is 219. The van der Waals surface area contributed by atoms with Crippen molar-refractivity contribution in [3.63, 3.8) is 0 Å². The van der Waals surface area contributed by atoms with Crippen molar-refractivity contribution in [2.24, 2.45) is 0 Å². The van der Waals surface area contributed by atoms with Crippen molar-refractivity contribution in [3.8, 4) is 6.07 Å². The maximum Gasteiger partial charge on any atom is 0.327 e. The minimum Gasteiger partial charge on any atom is -0.478 e. The molecule has 0 heterocycles. The van der Waals surface area contributed by atoms with Crippen LogP contribution in [-0.4, -0.2) is 11.1 Å². The van der Waals surface area contributed by atoms with Crippen molar-refractivity contribution in [2.45, 2.75) is 0 Å². The first-order valence-electron chi connectivity index (χ1n) is 2.67. The third-order valence-electron chi connectivity index (χ3n) is 0.266. The predicted octanol–water partition coefficient (Wildman–Crippen LogP) is 2.32. The predicted molar refractivity (Wildman–Crippen MR) is 49.7 cm³/mol. The van der Waals surface area contributed by atoms with Crippen LogP contribution in [0.25, 0.3) is 0 Å². The number of nitriles is 1. The zero-order valence-corrected chi connectivity index (χ0v) is 7.29. The molecule has 0 aliphatic rings. The highest BCUT2D eigenvalue weighted by molar-refractivity contribution is 6.25. The summed E-state index contributed by atoms with van der Waals surface area (Å²) in [7, 11) is 0. The fraction of sp³-hybridized carbons (Fsp3) is 0. The van der Waals surface area contributed by atoms with Gasteiger partial charge in [0.25, 0.3) is 0 Å². The SMILES string of the molecule is C=CC#N.C=CC(=O)O.C=CCl. The smallest absolute Gasteiger partial charge is 0.327 e. The van der Waals surface area contributed by atoms with Gasteiger partial charge in [-0.25, -0.2) is 4.79 Å². The molecule has 1 N–H and O–H groups in total. The molecule has 0 aliphatic carbocycles. The Labute approximate surface area is 76.9 Å². The summed E-state index contributed by atoms with van der Waals surface area (Å²) >= 11 is 4.76. The standard InChI is InChI=1S/C3H3N.C3H4O2.C2H3Cl/c1-2-3-4;1-2-3(4)5;1-2-3/h2H,1H2;2H,1H2,(H,4,5);2H,1H2. The van der Waals surface area contributed by atoms with Crippen LogP contribution in [0.4, 0.5) is 0 Å². The van der Waals surface area contributed by atoms with Gasteiger partial charge in [-0.05, 0) is 5.54 Å². The molecule has 0 atom stereocenters. The second-order valence-corrected chi connectivity index (χ2v) is 1.34. The highest BCUT2D eigenvalue weighted by Crippen LogP contribution is 1.60. The zero-order valence-electron chi connectivity index (χ0n) is 6.53. The molecule has 0 aliphatic heterocycles. The van der Waals surface area contributed by atoms with Crippen molar-refractivity contribution in [1.29, 1.82) is 5.26 Å². The zero-order chi connectivity index (χ0) is 10.4. The summed E-state index contributed by atoms with van der Waals surface area (Å²) in [5.41, 5.74) is 1.22. The molecule has 0 aromatic carbocycles. The van der Waals surface area contributed by atoms with Gasteiger partial charge in [0.15, 0.2) is 0 Å². The molecule has 0 saturated heterocycles. The summed E-state index contributed by atoms with van der Waals surface area (Å²) in [4.78, 5) is 9.25. The first-order chi connectivity index (χ1) is 5.60. The van der Waals surface area contributed by atoms with Crippen LogP contribution in [0.2, 0.25) is 0 Å².